The number of hydrogen-bond acceptors (Lipinski definition) is 6. The summed E-state index contributed by atoms with van der Waals surface area (Å²) in [6.07, 6.45) is 2.35. The van der Waals surface area contributed by atoms with E-state index in [2.05, 4.69) is 5.32 Å². The van der Waals surface area contributed by atoms with E-state index in [9.17, 15) is 10.1 Å². The molecule has 0 atom stereocenters. The molecule has 0 aliphatic carbocycles. The largest absolute Gasteiger partial charge is 0.493 e. The van der Waals surface area contributed by atoms with Crippen LogP contribution in [0.2, 0.25) is 0 Å². The van der Waals surface area contributed by atoms with Crippen molar-refractivity contribution in [2.75, 3.05) is 25.8 Å². The van der Waals surface area contributed by atoms with Crippen molar-refractivity contribution in [2.24, 2.45) is 0 Å². The van der Waals surface area contributed by atoms with Crippen molar-refractivity contribution in [1.82, 2.24) is 0 Å². The van der Waals surface area contributed by atoms with Gasteiger partial charge in [-0.3, -0.25) is 4.79 Å². The smallest absolute Gasteiger partial charge is 0.266 e. The highest BCUT2D eigenvalue weighted by atomic mass is 16.7. The molecule has 2 aromatic carbocycles. The van der Waals surface area contributed by atoms with Crippen LogP contribution < -0.4 is 24.3 Å². The fourth-order valence-corrected chi connectivity index (χ4v) is 2.60. The molecule has 0 unspecified atom stereocenters. The summed E-state index contributed by atoms with van der Waals surface area (Å²) in [7, 11) is 1.56. The molecule has 0 saturated heterocycles. The fraction of sp³-hybridized carbons (Fsp3) is 0.238. The lowest BCUT2D eigenvalue weighted by atomic mass is 10.1. The number of fused-ring (bicyclic) bond motifs is 1. The van der Waals surface area contributed by atoms with Crippen molar-refractivity contribution >= 4 is 17.7 Å². The van der Waals surface area contributed by atoms with Gasteiger partial charge in [0.05, 0.1) is 13.7 Å². The lowest BCUT2D eigenvalue weighted by Gasteiger charge is -2.11. The molecule has 1 N–H and O–H groups in total. The third kappa shape index (κ3) is 4.35. The molecule has 144 valence electrons. The van der Waals surface area contributed by atoms with Crippen LogP contribution in [0.1, 0.15) is 18.9 Å². The first-order valence-corrected chi connectivity index (χ1v) is 8.78. The number of nitriles is 1. The maximum atomic E-state index is 12.5. The lowest BCUT2D eigenvalue weighted by Crippen LogP contribution is -2.13. The Kier molecular flexibility index (Phi) is 6.02. The van der Waals surface area contributed by atoms with Gasteiger partial charge in [-0.25, -0.2) is 0 Å². The van der Waals surface area contributed by atoms with Crippen LogP contribution in [-0.4, -0.2) is 26.4 Å². The Hall–Kier alpha value is -3.66. The van der Waals surface area contributed by atoms with Gasteiger partial charge in [0.1, 0.15) is 11.6 Å². The summed E-state index contributed by atoms with van der Waals surface area (Å²) in [5.74, 6) is 1.80. The van der Waals surface area contributed by atoms with Crippen LogP contribution in [0.3, 0.4) is 0 Å². The summed E-state index contributed by atoms with van der Waals surface area (Å²) in [5, 5.41) is 12.1. The Labute approximate surface area is 163 Å². The van der Waals surface area contributed by atoms with Crippen LogP contribution >= 0.6 is 0 Å². The molecule has 0 bridgehead atoms. The molecule has 28 heavy (non-hydrogen) atoms. The van der Waals surface area contributed by atoms with E-state index in [0.29, 0.717) is 40.9 Å². The number of amides is 1. The molecule has 1 aliphatic heterocycles. The van der Waals surface area contributed by atoms with Gasteiger partial charge < -0.3 is 24.3 Å². The average molecular weight is 380 g/mol. The number of nitrogens with one attached hydrogen (secondary N) is 1. The van der Waals surface area contributed by atoms with Gasteiger partial charge in [-0.2, -0.15) is 5.26 Å². The predicted molar refractivity (Wildman–Crippen MR) is 104 cm³/mol. The van der Waals surface area contributed by atoms with E-state index in [1.54, 1.807) is 43.5 Å². The van der Waals surface area contributed by atoms with E-state index >= 15 is 0 Å². The monoisotopic (exact) mass is 380 g/mol. The molecule has 0 aromatic heterocycles. The number of carbonyl (C=O) groups is 1. The van der Waals surface area contributed by atoms with E-state index in [4.69, 9.17) is 18.9 Å². The topological polar surface area (TPSA) is 89.8 Å². The minimum atomic E-state index is -0.520. The summed E-state index contributed by atoms with van der Waals surface area (Å²) >= 11 is 0. The van der Waals surface area contributed by atoms with Gasteiger partial charge >= 0.3 is 0 Å². The highest BCUT2D eigenvalue weighted by molar-refractivity contribution is 6.09. The Bertz CT molecular complexity index is 946. The minimum Gasteiger partial charge on any atom is -0.493 e. The van der Waals surface area contributed by atoms with Crippen molar-refractivity contribution in [3.05, 3.63) is 47.5 Å². The summed E-state index contributed by atoms with van der Waals surface area (Å²) in [5.41, 5.74) is 1.13. The number of rotatable bonds is 7. The number of benzene rings is 2. The van der Waals surface area contributed by atoms with Crippen molar-refractivity contribution in [3.8, 4) is 29.1 Å². The lowest BCUT2D eigenvalue weighted by molar-refractivity contribution is -0.112. The molecule has 7 nitrogen and oxygen atoms in total. The number of methoxy groups -OCH3 is 1. The molecule has 7 heteroatoms. The van der Waals surface area contributed by atoms with Crippen LogP contribution in [0.15, 0.2) is 42.0 Å². The molecule has 0 fully saturated rings. The quantitative estimate of drug-likeness (QED) is 0.581. The summed E-state index contributed by atoms with van der Waals surface area (Å²) in [6.45, 7) is 2.69. The summed E-state index contributed by atoms with van der Waals surface area (Å²) in [4.78, 5) is 12.5. The second-order valence-corrected chi connectivity index (χ2v) is 5.95. The van der Waals surface area contributed by atoms with E-state index in [0.717, 1.165) is 6.42 Å². The number of anilines is 1. The molecule has 2 aromatic rings. The minimum absolute atomic E-state index is 0.0377. The Morgan fingerprint density at radius 1 is 1.21 bits per heavy atom. The average Bonchev–Trinajstić information content (AvgIpc) is 3.18. The van der Waals surface area contributed by atoms with Crippen LogP contribution in [0.5, 0.6) is 23.0 Å². The van der Waals surface area contributed by atoms with Gasteiger partial charge in [-0.1, -0.05) is 13.0 Å². The van der Waals surface area contributed by atoms with Crippen molar-refractivity contribution < 1.29 is 23.7 Å². The number of ether oxygens (including phenoxy) is 4. The fourth-order valence-electron chi connectivity index (χ4n) is 2.60. The summed E-state index contributed by atoms with van der Waals surface area (Å²) < 4.78 is 21.5. The third-order valence-corrected chi connectivity index (χ3v) is 3.96. The molecule has 0 saturated carbocycles. The number of hydrogen-bond donors (Lipinski definition) is 1. The number of nitrogens with zero attached hydrogens (tertiary/aromatic N) is 1. The standard InChI is InChI=1S/C21H20N2O5/c1-3-8-26-19-10-14(4-6-17(19)25-2)9-15(12-22)21(24)23-16-5-7-18-20(11-16)28-13-27-18/h4-7,9-11H,3,8,13H2,1-2H3,(H,23,24)/b15-9+. The second-order valence-electron chi connectivity index (χ2n) is 5.95. The van der Waals surface area contributed by atoms with E-state index in [-0.39, 0.29) is 12.4 Å². The zero-order chi connectivity index (χ0) is 19.9. The van der Waals surface area contributed by atoms with Crippen molar-refractivity contribution in [1.29, 1.82) is 5.26 Å². The van der Waals surface area contributed by atoms with Crippen LogP contribution in [0.4, 0.5) is 5.69 Å². The van der Waals surface area contributed by atoms with Crippen LogP contribution in [0, 0.1) is 11.3 Å². The first kappa shape index (κ1) is 19.1. The molecule has 1 heterocycles. The molecule has 0 radical (unpaired) electrons. The zero-order valence-electron chi connectivity index (χ0n) is 15.7. The summed E-state index contributed by atoms with van der Waals surface area (Å²) in [6, 6.07) is 12.2. The maximum Gasteiger partial charge on any atom is 0.266 e. The number of carbonyl (C=O) groups excluding carboxylic acids is 1. The highest BCUT2D eigenvalue weighted by Crippen LogP contribution is 2.34. The molecule has 1 aliphatic rings. The second kappa shape index (κ2) is 8.82. The third-order valence-electron chi connectivity index (χ3n) is 3.96. The van der Waals surface area contributed by atoms with Gasteiger partial charge in [0, 0.05) is 11.8 Å². The van der Waals surface area contributed by atoms with Crippen LogP contribution in [-0.2, 0) is 4.79 Å². The molecular formula is C21H20N2O5. The normalized spacial score (nSPS) is 12.2. The molecule has 1 amide bonds. The van der Waals surface area contributed by atoms with Crippen molar-refractivity contribution in [3.63, 3.8) is 0 Å². The van der Waals surface area contributed by atoms with Gasteiger partial charge in [0.2, 0.25) is 6.79 Å². The Morgan fingerprint density at radius 3 is 2.79 bits per heavy atom. The van der Waals surface area contributed by atoms with Gasteiger partial charge in [-0.05, 0) is 42.3 Å². The Morgan fingerprint density at radius 2 is 2.04 bits per heavy atom. The first-order valence-electron chi connectivity index (χ1n) is 8.78. The maximum absolute atomic E-state index is 12.5. The van der Waals surface area contributed by atoms with E-state index < -0.39 is 5.91 Å². The molecule has 0 spiro atoms. The van der Waals surface area contributed by atoms with Gasteiger partial charge in [0.15, 0.2) is 23.0 Å². The first-order chi connectivity index (χ1) is 13.6. The highest BCUT2D eigenvalue weighted by Gasteiger charge is 2.16. The predicted octanol–water partition coefficient (Wildman–Crippen LogP) is 3.76. The van der Waals surface area contributed by atoms with Crippen molar-refractivity contribution in [2.45, 2.75) is 13.3 Å². The van der Waals surface area contributed by atoms with Crippen LogP contribution in [0.25, 0.3) is 6.08 Å². The SMILES string of the molecule is CCCOc1cc(/C=C(\C#N)C(=O)Nc2ccc3c(c2)OCO3)ccc1OC. The molecule has 3 rings (SSSR count). The van der Waals surface area contributed by atoms with E-state index in [1.165, 1.54) is 6.08 Å². The zero-order valence-corrected chi connectivity index (χ0v) is 15.7. The Balaban J connectivity index is 1.79. The van der Waals surface area contributed by atoms with E-state index in [1.807, 2.05) is 13.0 Å². The van der Waals surface area contributed by atoms with Gasteiger partial charge in [-0.15, -0.1) is 0 Å². The van der Waals surface area contributed by atoms with Gasteiger partial charge in [0.25, 0.3) is 5.91 Å². The molecular weight excluding hydrogens is 360 g/mol.